The molecule has 46 heavy (non-hydrogen) atoms. The Kier molecular flexibility index (Phi) is 8.25. The van der Waals surface area contributed by atoms with Crippen LogP contribution in [0.25, 0.3) is 0 Å². The van der Waals surface area contributed by atoms with E-state index in [0.29, 0.717) is 17.1 Å². The fraction of sp³-hybridized carbons (Fsp3) is 0. The van der Waals surface area contributed by atoms with Crippen LogP contribution in [-0.2, 0) is 0 Å². The van der Waals surface area contributed by atoms with Crippen molar-refractivity contribution in [3.05, 3.63) is 145 Å². The Morgan fingerprint density at radius 2 is 0.652 bits per heavy atom. The zero-order chi connectivity index (χ0) is 32.2. The van der Waals surface area contributed by atoms with E-state index in [1.807, 2.05) is 0 Å². The lowest BCUT2D eigenvalue weighted by molar-refractivity contribution is 0.438. The van der Waals surface area contributed by atoms with E-state index in [1.54, 1.807) is 77.7 Å². The zero-order valence-electron chi connectivity index (χ0n) is 24.2. The van der Waals surface area contributed by atoms with Crippen LogP contribution in [0.2, 0.25) is 0 Å². The molecule has 0 atom stereocenters. The van der Waals surface area contributed by atoms with Gasteiger partial charge >= 0.3 is 0 Å². The summed E-state index contributed by atoms with van der Waals surface area (Å²) in [5.41, 5.74) is 19.2. The number of nitrogens with zero attached hydrogens (tertiary/aromatic N) is 1. The highest BCUT2D eigenvalue weighted by Crippen LogP contribution is 2.49. The summed E-state index contributed by atoms with van der Waals surface area (Å²) in [6.45, 7) is 0. The molecule has 6 aromatic carbocycles. The quantitative estimate of drug-likeness (QED) is 0.138. The molecular weight excluding hydrogens is 593 g/mol. The minimum absolute atomic E-state index is 0.0661. The van der Waals surface area contributed by atoms with Crippen LogP contribution in [0.5, 0.6) is 34.5 Å². The summed E-state index contributed by atoms with van der Waals surface area (Å²) < 4.78 is 63.0. The molecule has 0 aliphatic rings. The standard InChI is InChI=1S/C36H27F3N4O3/c37-25-19-22(40)13-16-31(25)44-34-10-4-1-7-28(34)43(29-8-2-5-11-35(29)45-32-17-14-23(41)20-26(32)38)30-9-3-6-12-36(30)46-33-18-15-24(42)21-27(33)39/h1-21H,40-42H2. The van der Waals surface area contributed by atoms with Gasteiger partial charge in [0.05, 0.1) is 17.1 Å². The van der Waals surface area contributed by atoms with E-state index in [1.165, 1.54) is 36.4 Å². The molecule has 0 radical (unpaired) electrons. The smallest absolute Gasteiger partial charge is 0.167 e. The van der Waals surface area contributed by atoms with Crippen molar-refractivity contribution >= 4 is 34.1 Å². The van der Waals surface area contributed by atoms with Crippen molar-refractivity contribution in [3.63, 3.8) is 0 Å². The number of anilines is 6. The van der Waals surface area contributed by atoms with E-state index in [4.69, 9.17) is 31.4 Å². The van der Waals surface area contributed by atoms with Gasteiger partial charge in [-0.15, -0.1) is 0 Å². The fourth-order valence-electron chi connectivity index (χ4n) is 4.73. The van der Waals surface area contributed by atoms with E-state index >= 15 is 0 Å². The molecule has 7 nitrogen and oxygen atoms in total. The summed E-state index contributed by atoms with van der Waals surface area (Å²) in [4.78, 5) is 1.72. The van der Waals surface area contributed by atoms with Gasteiger partial charge in [-0.25, -0.2) is 13.2 Å². The third kappa shape index (κ3) is 6.31. The van der Waals surface area contributed by atoms with Crippen LogP contribution in [0.4, 0.5) is 47.3 Å². The molecule has 0 amide bonds. The Bertz CT molecular complexity index is 1810. The average molecular weight is 621 g/mol. The zero-order valence-corrected chi connectivity index (χ0v) is 24.2. The maximum atomic E-state index is 14.9. The van der Waals surface area contributed by atoms with Gasteiger partial charge in [0.1, 0.15) is 0 Å². The molecule has 0 aliphatic heterocycles. The topological polar surface area (TPSA) is 109 Å². The summed E-state index contributed by atoms with van der Waals surface area (Å²) in [6, 6.07) is 33.0. The number of halogens is 3. The Balaban J connectivity index is 1.53. The van der Waals surface area contributed by atoms with Crippen LogP contribution < -0.4 is 36.3 Å². The molecule has 0 heterocycles. The van der Waals surface area contributed by atoms with Gasteiger partial charge in [0.2, 0.25) is 0 Å². The van der Waals surface area contributed by atoms with Crippen LogP contribution in [0.15, 0.2) is 127 Å². The van der Waals surface area contributed by atoms with Crippen LogP contribution in [0.3, 0.4) is 0 Å². The monoisotopic (exact) mass is 620 g/mol. The number of benzene rings is 6. The molecule has 0 aromatic heterocycles. The summed E-state index contributed by atoms with van der Waals surface area (Å²) >= 11 is 0. The van der Waals surface area contributed by atoms with E-state index in [-0.39, 0.29) is 51.6 Å². The van der Waals surface area contributed by atoms with Gasteiger partial charge in [0, 0.05) is 35.3 Å². The molecule has 0 unspecified atom stereocenters. The van der Waals surface area contributed by atoms with E-state index in [9.17, 15) is 13.2 Å². The van der Waals surface area contributed by atoms with Crippen molar-refractivity contribution in [1.82, 2.24) is 0 Å². The normalized spacial score (nSPS) is 10.8. The van der Waals surface area contributed by atoms with E-state index in [2.05, 4.69) is 0 Å². The van der Waals surface area contributed by atoms with Gasteiger partial charge in [-0.2, -0.15) is 0 Å². The molecule has 10 heteroatoms. The number of ether oxygens (including phenoxy) is 3. The van der Waals surface area contributed by atoms with E-state index < -0.39 is 17.5 Å². The predicted octanol–water partition coefficient (Wildman–Crippen LogP) is 9.70. The molecule has 230 valence electrons. The highest BCUT2D eigenvalue weighted by Gasteiger charge is 2.25. The lowest BCUT2D eigenvalue weighted by Gasteiger charge is -2.30. The average Bonchev–Trinajstić information content (AvgIpc) is 3.03. The second kappa shape index (κ2) is 12.7. The Hall–Kier alpha value is -6.29. The van der Waals surface area contributed by atoms with Crippen molar-refractivity contribution in [2.45, 2.75) is 0 Å². The van der Waals surface area contributed by atoms with Gasteiger partial charge in [0.25, 0.3) is 0 Å². The highest BCUT2D eigenvalue weighted by molar-refractivity contribution is 5.86. The highest BCUT2D eigenvalue weighted by atomic mass is 19.1. The number of nitrogens with two attached hydrogens (primary N) is 3. The van der Waals surface area contributed by atoms with Crippen molar-refractivity contribution in [2.24, 2.45) is 0 Å². The molecule has 0 saturated heterocycles. The first kappa shape index (κ1) is 29.8. The van der Waals surface area contributed by atoms with Crippen molar-refractivity contribution in [1.29, 1.82) is 0 Å². The summed E-state index contributed by atoms with van der Waals surface area (Å²) in [5.74, 6) is -1.45. The lowest BCUT2D eigenvalue weighted by atomic mass is 10.1. The SMILES string of the molecule is Nc1ccc(Oc2ccccc2N(c2ccccc2Oc2ccc(N)cc2F)c2ccccc2Oc2ccc(N)cc2F)c(F)c1. The van der Waals surface area contributed by atoms with Gasteiger partial charge < -0.3 is 31.4 Å². The molecule has 0 saturated carbocycles. The molecule has 6 rings (SSSR count). The Morgan fingerprint density at radius 3 is 0.935 bits per heavy atom. The number of hydrogen-bond donors (Lipinski definition) is 3. The maximum Gasteiger partial charge on any atom is 0.167 e. The Morgan fingerprint density at radius 1 is 0.370 bits per heavy atom. The first-order chi connectivity index (χ1) is 22.3. The largest absolute Gasteiger partial charge is 0.452 e. The third-order valence-electron chi connectivity index (χ3n) is 6.85. The van der Waals surface area contributed by atoms with Gasteiger partial charge in [0.15, 0.2) is 51.9 Å². The van der Waals surface area contributed by atoms with Crippen molar-refractivity contribution in [2.75, 3.05) is 22.1 Å². The lowest BCUT2D eigenvalue weighted by Crippen LogP contribution is -2.13. The van der Waals surface area contributed by atoms with Crippen LogP contribution >= 0.6 is 0 Å². The molecule has 0 bridgehead atoms. The number of nitrogen functional groups attached to an aromatic ring is 3. The van der Waals surface area contributed by atoms with Crippen LogP contribution in [0.1, 0.15) is 0 Å². The minimum Gasteiger partial charge on any atom is -0.452 e. The van der Waals surface area contributed by atoms with E-state index in [0.717, 1.165) is 18.2 Å². The number of hydrogen-bond acceptors (Lipinski definition) is 7. The molecule has 0 aliphatic carbocycles. The fourth-order valence-corrected chi connectivity index (χ4v) is 4.73. The third-order valence-corrected chi connectivity index (χ3v) is 6.85. The molecule has 0 fully saturated rings. The molecule has 6 N–H and O–H groups in total. The first-order valence-corrected chi connectivity index (χ1v) is 14.0. The molecular formula is C36H27F3N4O3. The molecule has 6 aromatic rings. The predicted molar refractivity (Wildman–Crippen MR) is 174 cm³/mol. The number of para-hydroxylation sites is 6. The van der Waals surface area contributed by atoms with Crippen molar-refractivity contribution < 1.29 is 27.4 Å². The number of rotatable bonds is 9. The van der Waals surface area contributed by atoms with Gasteiger partial charge in [-0.1, -0.05) is 36.4 Å². The van der Waals surface area contributed by atoms with Gasteiger partial charge in [-0.05, 0) is 72.8 Å². The van der Waals surface area contributed by atoms with Crippen LogP contribution in [0, 0.1) is 17.5 Å². The summed E-state index contributed by atoms with van der Waals surface area (Å²) in [5, 5.41) is 0. The second-order valence-electron chi connectivity index (χ2n) is 10.1. The second-order valence-corrected chi connectivity index (χ2v) is 10.1. The summed E-state index contributed by atoms with van der Waals surface area (Å²) in [6.07, 6.45) is 0. The Labute approximate surface area is 262 Å². The summed E-state index contributed by atoms with van der Waals surface area (Å²) in [7, 11) is 0. The van der Waals surface area contributed by atoms with Gasteiger partial charge in [-0.3, -0.25) is 4.90 Å². The van der Waals surface area contributed by atoms with Crippen LogP contribution in [-0.4, -0.2) is 0 Å². The molecule has 0 spiro atoms. The minimum atomic E-state index is -0.661. The maximum absolute atomic E-state index is 14.9. The van der Waals surface area contributed by atoms with Crippen molar-refractivity contribution in [3.8, 4) is 34.5 Å². The first-order valence-electron chi connectivity index (χ1n) is 14.0.